The smallest absolute Gasteiger partial charge is 0.141 e. The Bertz CT molecular complexity index is 960. The van der Waals surface area contributed by atoms with E-state index in [0.717, 1.165) is 28.1 Å². The molecular formula is C18H15N5. The number of nitrogens with zero attached hydrogens (tertiary/aromatic N) is 4. The van der Waals surface area contributed by atoms with Gasteiger partial charge in [0.1, 0.15) is 12.1 Å². The summed E-state index contributed by atoms with van der Waals surface area (Å²) in [5.41, 5.74) is 4.14. The number of benzene rings is 2. The van der Waals surface area contributed by atoms with Crippen molar-refractivity contribution in [1.82, 2.24) is 19.5 Å². The van der Waals surface area contributed by atoms with Gasteiger partial charge in [0.25, 0.3) is 0 Å². The van der Waals surface area contributed by atoms with Gasteiger partial charge in [-0.2, -0.15) is 0 Å². The van der Waals surface area contributed by atoms with Crippen LogP contribution in [-0.4, -0.2) is 19.5 Å². The van der Waals surface area contributed by atoms with Gasteiger partial charge in [-0.1, -0.05) is 12.1 Å². The average Bonchev–Trinajstić information content (AvgIpc) is 3.09. The highest BCUT2D eigenvalue weighted by Gasteiger charge is 2.06. The number of anilines is 2. The third-order valence-electron chi connectivity index (χ3n) is 3.70. The average molecular weight is 301 g/mol. The highest BCUT2D eigenvalue weighted by molar-refractivity contribution is 5.92. The van der Waals surface area contributed by atoms with Crippen LogP contribution in [0.5, 0.6) is 0 Å². The van der Waals surface area contributed by atoms with Gasteiger partial charge in [0, 0.05) is 29.2 Å². The molecule has 112 valence electrons. The van der Waals surface area contributed by atoms with Crippen molar-refractivity contribution in [2.24, 2.45) is 0 Å². The standard InChI is InChI=1S/C18H15N5/c1-13-3-2-4-14(9-13)22-18-16-10-15(23-8-7-19-12-23)5-6-17(16)20-11-21-18/h2-12H,1H3,(H,20,21,22). The number of imidazole rings is 1. The molecule has 2 heterocycles. The normalized spacial score (nSPS) is 10.8. The lowest BCUT2D eigenvalue weighted by Gasteiger charge is -2.10. The van der Waals surface area contributed by atoms with Crippen LogP contribution in [0.1, 0.15) is 5.56 Å². The second-order valence-electron chi connectivity index (χ2n) is 5.39. The molecule has 4 rings (SSSR count). The van der Waals surface area contributed by atoms with Gasteiger partial charge in [-0.25, -0.2) is 15.0 Å². The minimum absolute atomic E-state index is 0.794. The van der Waals surface area contributed by atoms with Gasteiger partial charge in [-0.05, 0) is 42.8 Å². The first kappa shape index (κ1) is 13.5. The van der Waals surface area contributed by atoms with Crippen molar-refractivity contribution in [3.8, 4) is 5.69 Å². The van der Waals surface area contributed by atoms with Gasteiger partial charge in [0.2, 0.25) is 0 Å². The Morgan fingerprint density at radius 3 is 2.83 bits per heavy atom. The number of nitrogens with one attached hydrogen (secondary N) is 1. The number of hydrogen-bond donors (Lipinski definition) is 1. The Morgan fingerprint density at radius 2 is 2.00 bits per heavy atom. The zero-order chi connectivity index (χ0) is 15.6. The van der Waals surface area contributed by atoms with Crippen LogP contribution in [0.3, 0.4) is 0 Å². The zero-order valence-electron chi connectivity index (χ0n) is 12.6. The summed E-state index contributed by atoms with van der Waals surface area (Å²) in [4.78, 5) is 12.8. The number of hydrogen-bond acceptors (Lipinski definition) is 4. The number of aryl methyl sites for hydroxylation is 1. The van der Waals surface area contributed by atoms with Gasteiger partial charge in [-0.15, -0.1) is 0 Å². The molecule has 0 atom stereocenters. The van der Waals surface area contributed by atoms with E-state index in [2.05, 4.69) is 45.4 Å². The molecule has 0 spiro atoms. The highest BCUT2D eigenvalue weighted by atomic mass is 15.0. The Labute approximate surface area is 133 Å². The SMILES string of the molecule is Cc1cccc(Nc2ncnc3ccc(-n4ccnc4)cc23)c1. The molecule has 1 N–H and O–H groups in total. The van der Waals surface area contributed by atoms with E-state index < -0.39 is 0 Å². The van der Waals surface area contributed by atoms with Crippen LogP contribution in [0.2, 0.25) is 0 Å². The van der Waals surface area contributed by atoms with Gasteiger partial charge >= 0.3 is 0 Å². The minimum Gasteiger partial charge on any atom is -0.340 e. The minimum atomic E-state index is 0.794. The van der Waals surface area contributed by atoms with Gasteiger partial charge in [0.15, 0.2) is 0 Å². The van der Waals surface area contributed by atoms with Crippen LogP contribution in [0.15, 0.2) is 67.5 Å². The second kappa shape index (κ2) is 5.53. The molecule has 0 aliphatic carbocycles. The quantitative estimate of drug-likeness (QED) is 0.624. The predicted molar refractivity (Wildman–Crippen MR) is 91.1 cm³/mol. The molecule has 0 aliphatic heterocycles. The Kier molecular flexibility index (Phi) is 3.24. The molecule has 0 saturated carbocycles. The van der Waals surface area contributed by atoms with Gasteiger partial charge < -0.3 is 9.88 Å². The first-order chi connectivity index (χ1) is 11.3. The number of aromatic nitrogens is 4. The molecule has 0 bridgehead atoms. The summed E-state index contributed by atoms with van der Waals surface area (Å²) in [5, 5.41) is 4.36. The van der Waals surface area contributed by atoms with Gasteiger partial charge in [0.05, 0.1) is 11.8 Å². The fraction of sp³-hybridized carbons (Fsp3) is 0.0556. The summed E-state index contributed by atoms with van der Waals surface area (Å²) in [7, 11) is 0. The lowest BCUT2D eigenvalue weighted by Crippen LogP contribution is -1.97. The predicted octanol–water partition coefficient (Wildman–Crippen LogP) is 3.87. The van der Waals surface area contributed by atoms with E-state index in [1.807, 2.05) is 35.0 Å². The Balaban J connectivity index is 1.81. The molecular weight excluding hydrogens is 286 g/mol. The molecule has 2 aromatic carbocycles. The molecule has 0 amide bonds. The second-order valence-corrected chi connectivity index (χ2v) is 5.39. The summed E-state index contributed by atoms with van der Waals surface area (Å²) in [5.74, 6) is 0.794. The summed E-state index contributed by atoms with van der Waals surface area (Å²) in [6.07, 6.45) is 7.03. The zero-order valence-corrected chi connectivity index (χ0v) is 12.6. The first-order valence-electron chi connectivity index (χ1n) is 7.36. The molecule has 0 unspecified atom stereocenters. The maximum atomic E-state index is 4.41. The van der Waals surface area contributed by atoms with Crippen molar-refractivity contribution in [1.29, 1.82) is 0 Å². The van der Waals surface area contributed by atoms with Crippen LogP contribution in [-0.2, 0) is 0 Å². The van der Waals surface area contributed by atoms with Gasteiger partial charge in [-0.3, -0.25) is 0 Å². The van der Waals surface area contributed by atoms with Crippen LogP contribution in [0, 0.1) is 6.92 Å². The fourth-order valence-electron chi connectivity index (χ4n) is 2.58. The molecule has 23 heavy (non-hydrogen) atoms. The van der Waals surface area contributed by atoms with E-state index in [0.29, 0.717) is 0 Å². The van der Waals surface area contributed by atoms with E-state index in [9.17, 15) is 0 Å². The van der Waals surface area contributed by atoms with E-state index in [1.54, 1.807) is 18.9 Å². The molecule has 0 aliphatic rings. The summed E-state index contributed by atoms with van der Waals surface area (Å²) in [6, 6.07) is 14.3. The van der Waals surface area contributed by atoms with Crippen LogP contribution < -0.4 is 5.32 Å². The molecule has 5 nitrogen and oxygen atoms in total. The third-order valence-corrected chi connectivity index (χ3v) is 3.70. The summed E-state index contributed by atoms with van der Waals surface area (Å²) >= 11 is 0. The Hall–Kier alpha value is -3.21. The number of rotatable bonds is 3. The van der Waals surface area contributed by atoms with Crippen LogP contribution >= 0.6 is 0 Å². The van der Waals surface area contributed by atoms with Crippen molar-refractivity contribution in [2.75, 3.05) is 5.32 Å². The molecule has 0 saturated heterocycles. The maximum absolute atomic E-state index is 4.41. The lowest BCUT2D eigenvalue weighted by molar-refractivity contribution is 1.06. The lowest BCUT2D eigenvalue weighted by atomic mass is 10.2. The van der Waals surface area contributed by atoms with Crippen LogP contribution in [0.4, 0.5) is 11.5 Å². The molecule has 0 fully saturated rings. The summed E-state index contributed by atoms with van der Waals surface area (Å²) in [6.45, 7) is 2.07. The Morgan fingerprint density at radius 1 is 1.04 bits per heavy atom. The van der Waals surface area contributed by atoms with Crippen molar-refractivity contribution in [3.63, 3.8) is 0 Å². The molecule has 4 aromatic rings. The van der Waals surface area contributed by atoms with Crippen molar-refractivity contribution in [2.45, 2.75) is 6.92 Å². The van der Waals surface area contributed by atoms with Crippen molar-refractivity contribution < 1.29 is 0 Å². The molecule has 2 aromatic heterocycles. The van der Waals surface area contributed by atoms with E-state index in [1.165, 1.54) is 5.56 Å². The van der Waals surface area contributed by atoms with E-state index in [4.69, 9.17) is 0 Å². The highest BCUT2D eigenvalue weighted by Crippen LogP contribution is 2.25. The van der Waals surface area contributed by atoms with Crippen LogP contribution in [0.25, 0.3) is 16.6 Å². The fourth-order valence-corrected chi connectivity index (χ4v) is 2.58. The first-order valence-corrected chi connectivity index (χ1v) is 7.36. The summed E-state index contributed by atoms with van der Waals surface area (Å²) < 4.78 is 1.96. The molecule has 5 heteroatoms. The monoisotopic (exact) mass is 301 g/mol. The van der Waals surface area contributed by atoms with E-state index >= 15 is 0 Å². The van der Waals surface area contributed by atoms with Crippen molar-refractivity contribution >= 4 is 22.4 Å². The van der Waals surface area contributed by atoms with Crippen molar-refractivity contribution in [3.05, 3.63) is 73.1 Å². The largest absolute Gasteiger partial charge is 0.340 e. The number of fused-ring (bicyclic) bond motifs is 1. The molecule has 0 radical (unpaired) electrons. The maximum Gasteiger partial charge on any atom is 0.141 e. The third kappa shape index (κ3) is 2.64. The topological polar surface area (TPSA) is 55.6 Å². The van der Waals surface area contributed by atoms with E-state index in [-0.39, 0.29) is 0 Å².